The lowest BCUT2D eigenvalue weighted by Crippen LogP contribution is -2.24. The molecule has 3 aromatic rings. The Bertz CT molecular complexity index is 1030. The van der Waals surface area contributed by atoms with Crippen LogP contribution in [-0.2, 0) is 17.9 Å². The van der Waals surface area contributed by atoms with Crippen LogP contribution in [0.3, 0.4) is 0 Å². The number of aromatic amines is 1. The number of H-pyrrole nitrogens is 1. The van der Waals surface area contributed by atoms with Gasteiger partial charge < -0.3 is 14.8 Å². The van der Waals surface area contributed by atoms with Crippen LogP contribution >= 0.6 is 12.2 Å². The minimum absolute atomic E-state index is 0.0699. The van der Waals surface area contributed by atoms with Crippen molar-refractivity contribution < 1.29 is 23.0 Å². The molecule has 0 aliphatic heterocycles. The van der Waals surface area contributed by atoms with E-state index in [9.17, 15) is 13.6 Å². The van der Waals surface area contributed by atoms with E-state index < -0.39 is 6.61 Å². The second-order valence-electron chi connectivity index (χ2n) is 6.28. The van der Waals surface area contributed by atoms with Gasteiger partial charge in [0.1, 0.15) is 11.5 Å². The van der Waals surface area contributed by atoms with Gasteiger partial charge in [-0.3, -0.25) is 14.5 Å². The van der Waals surface area contributed by atoms with Crippen molar-refractivity contribution in [3.05, 3.63) is 58.9 Å². The van der Waals surface area contributed by atoms with E-state index in [4.69, 9.17) is 17.0 Å². The molecule has 2 aromatic carbocycles. The van der Waals surface area contributed by atoms with Gasteiger partial charge in [0.05, 0.1) is 7.11 Å². The van der Waals surface area contributed by atoms with Crippen LogP contribution in [0.15, 0.2) is 48.5 Å². The molecule has 0 aliphatic carbocycles. The number of halogens is 2. The monoisotopic (exact) mass is 434 g/mol. The number of carbonyl (C=O) groups excluding carboxylic acids is 1. The highest BCUT2D eigenvalue weighted by atomic mass is 32.1. The molecular formula is C20H20F2N4O3S. The van der Waals surface area contributed by atoms with Crippen molar-refractivity contribution in [2.75, 3.05) is 7.11 Å². The molecule has 1 amide bonds. The first kappa shape index (κ1) is 21.4. The first-order chi connectivity index (χ1) is 14.5. The Morgan fingerprint density at radius 3 is 2.47 bits per heavy atom. The van der Waals surface area contributed by atoms with Crippen molar-refractivity contribution in [3.63, 3.8) is 0 Å². The Labute approximate surface area is 176 Å². The zero-order valence-electron chi connectivity index (χ0n) is 16.1. The molecular weight excluding hydrogens is 414 g/mol. The van der Waals surface area contributed by atoms with Crippen molar-refractivity contribution in [1.82, 2.24) is 20.1 Å². The number of amides is 1. The number of carbonyl (C=O) groups is 1. The van der Waals surface area contributed by atoms with E-state index in [1.807, 2.05) is 24.3 Å². The first-order valence-corrected chi connectivity index (χ1v) is 9.47. The van der Waals surface area contributed by atoms with E-state index in [2.05, 4.69) is 20.3 Å². The number of ether oxygens (including phenoxy) is 2. The molecule has 0 saturated carbocycles. The molecule has 158 valence electrons. The molecule has 1 heterocycles. The zero-order chi connectivity index (χ0) is 21.5. The third-order valence-electron chi connectivity index (χ3n) is 4.31. The van der Waals surface area contributed by atoms with Gasteiger partial charge in [-0.2, -0.15) is 13.9 Å². The number of nitrogens with one attached hydrogen (secondary N) is 2. The van der Waals surface area contributed by atoms with Gasteiger partial charge in [-0.25, -0.2) is 0 Å². The highest BCUT2D eigenvalue weighted by Gasteiger charge is 2.11. The Balaban J connectivity index is 1.56. The zero-order valence-corrected chi connectivity index (χ0v) is 16.9. The summed E-state index contributed by atoms with van der Waals surface area (Å²) in [4.78, 5) is 12.2. The molecule has 7 nitrogen and oxygen atoms in total. The molecule has 0 radical (unpaired) electrons. The number of benzene rings is 2. The van der Waals surface area contributed by atoms with E-state index in [0.29, 0.717) is 17.1 Å². The Kier molecular flexibility index (Phi) is 7.12. The largest absolute Gasteiger partial charge is 0.497 e. The van der Waals surface area contributed by atoms with Crippen LogP contribution in [0.5, 0.6) is 11.5 Å². The second-order valence-corrected chi connectivity index (χ2v) is 6.67. The molecule has 10 heteroatoms. The van der Waals surface area contributed by atoms with Gasteiger partial charge in [0.25, 0.3) is 0 Å². The van der Waals surface area contributed by atoms with Gasteiger partial charge in [-0.05, 0) is 54.2 Å². The van der Waals surface area contributed by atoms with Gasteiger partial charge in [-0.1, -0.05) is 12.1 Å². The molecule has 0 fully saturated rings. The third-order valence-corrected chi connectivity index (χ3v) is 4.62. The Hall–Kier alpha value is -3.27. The maximum Gasteiger partial charge on any atom is 0.387 e. The first-order valence-electron chi connectivity index (χ1n) is 9.06. The third kappa shape index (κ3) is 5.63. The van der Waals surface area contributed by atoms with Crippen LogP contribution in [0.25, 0.3) is 11.4 Å². The van der Waals surface area contributed by atoms with Gasteiger partial charge in [0, 0.05) is 25.1 Å². The molecule has 0 atom stereocenters. The average molecular weight is 434 g/mol. The fourth-order valence-electron chi connectivity index (χ4n) is 2.78. The number of nitrogens with zero attached hydrogens (tertiary/aromatic N) is 2. The van der Waals surface area contributed by atoms with Gasteiger partial charge in [0.15, 0.2) is 10.6 Å². The molecule has 1 aromatic heterocycles. The molecule has 2 N–H and O–H groups in total. The highest BCUT2D eigenvalue weighted by molar-refractivity contribution is 7.71. The maximum absolute atomic E-state index is 12.2. The molecule has 3 rings (SSSR count). The number of hydrogen-bond acceptors (Lipinski definition) is 5. The van der Waals surface area contributed by atoms with Crippen molar-refractivity contribution in [2.24, 2.45) is 0 Å². The predicted octanol–water partition coefficient (Wildman–Crippen LogP) is 3.92. The van der Waals surface area contributed by atoms with Gasteiger partial charge in [-0.15, -0.1) is 0 Å². The van der Waals surface area contributed by atoms with Crippen LogP contribution in [0.1, 0.15) is 12.0 Å². The summed E-state index contributed by atoms with van der Waals surface area (Å²) in [6.45, 7) is -2.24. The number of methoxy groups -OCH3 is 1. The molecule has 0 bridgehead atoms. The van der Waals surface area contributed by atoms with E-state index in [0.717, 1.165) is 16.9 Å². The SMILES string of the molecule is COc1ccc(-c2n[nH]c(=S)n2CCC(=O)NCc2ccc(OC(F)F)cc2)cc1. The van der Waals surface area contributed by atoms with E-state index in [-0.39, 0.29) is 24.6 Å². The minimum Gasteiger partial charge on any atom is -0.497 e. The topological polar surface area (TPSA) is 81.2 Å². The van der Waals surface area contributed by atoms with Crippen LogP contribution in [0.2, 0.25) is 0 Å². The summed E-state index contributed by atoms with van der Waals surface area (Å²) in [5.41, 5.74) is 1.61. The lowest BCUT2D eigenvalue weighted by molar-refractivity contribution is -0.121. The average Bonchev–Trinajstić information content (AvgIpc) is 3.11. The van der Waals surface area contributed by atoms with E-state index in [1.165, 1.54) is 12.1 Å². The number of aromatic nitrogens is 3. The fourth-order valence-corrected chi connectivity index (χ4v) is 3.00. The summed E-state index contributed by atoms with van der Waals surface area (Å²) in [5, 5.41) is 9.79. The molecule has 0 saturated heterocycles. The Morgan fingerprint density at radius 2 is 1.83 bits per heavy atom. The quantitative estimate of drug-likeness (QED) is 0.499. The summed E-state index contributed by atoms with van der Waals surface area (Å²) >= 11 is 5.28. The molecule has 0 spiro atoms. The van der Waals surface area contributed by atoms with E-state index >= 15 is 0 Å². The summed E-state index contributed by atoms with van der Waals surface area (Å²) < 4.78 is 36.0. The second kappa shape index (κ2) is 9.97. The minimum atomic E-state index is -2.87. The van der Waals surface area contributed by atoms with Crippen molar-refractivity contribution in [1.29, 1.82) is 0 Å². The summed E-state index contributed by atoms with van der Waals surface area (Å²) in [6, 6.07) is 13.5. The predicted molar refractivity (Wildman–Crippen MR) is 109 cm³/mol. The smallest absolute Gasteiger partial charge is 0.387 e. The van der Waals surface area contributed by atoms with Gasteiger partial charge >= 0.3 is 6.61 Å². The van der Waals surface area contributed by atoms with Crippen molar-refractivity contribution >= 4 is 18.1 Å². The number of alkyl halides is 2. The lowest BCUT2D eigenvalue weighted by Gasteiger charge is -2.09. The van der Waals surface area contributed by atoms with Crippen LogP contribution in [0, 0.1) is 4.77 Å². The van der Waals surface area contributed by atoms with Crippen LogP contribution < -0.4 is 14.8 Å². The summed E-state index contributed by atoms with van der Waals surface area (Å²) in [7, 11) is 1.59. The summed E-state index contributed by atoms with van der Waals surface area (Å²) in [6.07, 6.45) is 0.198. The summed E-state index contributed by atoms with van der Waals surface area (Å²) in [5.74, 6) is 1.25. The maximum atomic E-state index is 12.2. The van der Waals surface area contributed by atoms with E-state index in [1.54, 1.807) is 23.8 Å². The highest BCUT2D eigenvalue weighted by Crippen LogP contribution is 2.21. The van der Waals surface area contributed by atoms with Gasteiger partial charge in [0.2, 0.25) is 5.91 Å². The normalized spacial score (nSPS) is 10.8. The number of hydrogen-bond donors (Lipinski definition) is 2. The fraction of sp³-hybridized carbons (Fsp3) is 0.250. The number of rotatable bonds is 9. The standard InChI is InChI=1S/C20H20F2N4O3S/c1-28-15-8-4-14(5-9-15)18-24-25-20(30)26(18)11-10-17(27)23-12-13-2-6-16(7-3-13)29-19(21)22/h2-9,19H,10-12H2,1H3,(H,23,27)(H,25,30). The lowest BCUT2D eigenvalue weighted by atomic mass is 10.2. The molecule has 0 aliphatic rings. The molecule has 0 unspecified atom stereocenters. The Morgan fingerprint density at radius 1 is 1.17 bits per heavy atom. The van der Waals surface area contributed by atoms with Crippen LogP contribution in [-0.4, -0.2) is 34.4 Å². The van der Waals surface area contributed by atoms with Crippen molar-refractivity contribution in [3.8, 4) is 22.9 Å². The van der Waals surface area contributed by atoms with Crippen LogP contribution in [0.4, 0.5) is 8.78 Å². The van der Waals surface area contributed by atoms with Crippen molar-refractivity contribution in [2.45, 2.75) is 26.1 Å². The molecule has 30 heavy (non-hydrogen) atoms.